The molecule has 0 atom stereocenters. The Morgan fingerprint density at radius 1 is 1.56 bits per heavy atom. The Balaban J connectivity index is 2.38. The van der Waals surface area contributed by atoms with E-state index in [4.69, 9.17) is 11.3 Å². The number of nitrogens with zero attached hydrogens (tertiary/aromatic N) is 2. The maximum atomic E-state index is 10.1. The van der Waals surface area contributed by atoms with Crippen molar-refractivity contribution >= 4 is 10.4 Å². The lowest BCUT2D eigenvalue weighted by atomic mass is 10.7. The van der Waals surface area contributed by atoms with Crippen molar-refractivity contribution in [3.63, 3.8) is 0 Å². The first-order valence-electron chi connectivity index (χ1n) is 4.25. The van der Waals surface area contributed by atoms with Gasteiger partial charge in [0.05, 0.1) is 0 Å². The molecule has 0 bridgehead atoms. The minimum Gasteiger partial charge on any atom is -0.726 e. The third kappa shape index (κ3) is 4.79. The maximum absolute atomic E-state index is 10.1. The Hall–Kier alpha value is -1.56. The van der Waals surface area contributed by atoms with Crippen LogP contribution in [0.5, 0.6) is 0 Å². The number of hydrogen-bond acceptors (Lipinski definition) is 5. The Labute approximate surface area is 93.1 Å². The van der Waals surface area contributed by atoms with Gasteiger partial charge in [0.15, 0.2) is 12.8 Å². The van der Waals surface area contributed by atoms with Gasteiger partial charge < -0.3 is 9.39 Å². The van der Waals surface area contributed by atoms with Crippen molar-refractivity contribution in [1.82, 2.24) is 4.73 Å². The van der Waals surface area contributed by atoms with Crippen LogP contribution in [0.2, 0.25) is 0 Å². The average molecular weight is 246 g/mol. The molecule has 0 aliphatic carbocycles. The predicted octanol–water partition coefficient (Wildman–Crippen LogP) is -1.69. The lowest BCUT2D eigenvalue weighted by molar-refractivity contribution is -0.698. The highest BCUT2D eigenvalue weighted by Gasteiger charge is 2.04. The molecule has 0 amide bonds. The molecule has 1 rings (SSSR count). The zero-order chi connectivity index (χ0) is 12.0. The highest BCUT2D eigenvalue weighted by Crippen LogP contribution is 1.85. The largest absolute Gasteiger partial charge is 0.726 e. The first-order chi connectivity index (χ1) is 7.51. The Morgan fingerprint density at radius 3 is 2.94 bits per heavy atom. The third-order valence-corrected chi connectivity index (χ3v) is 2.00. The summed E-state index contributed by atoms with van der Waals surface area (Å²) in [6, 6.07) is 0. The van der Waals surface area contributed by atoms with Gasteiger partial charge in [0.25, 0.3) is 6.33 Å². The Morgan fingerprint density at radius 2 is 2.31 bits per heavy atom. The second-order valence-electron chi connectivity index (χ2n) is 2.72. The zero-order valence-corrected chi connectivity index (χ0v) is 9.09. The van der Waals surface area contributed by atoms with Crippen LogP contribution < -0.4 is 9.40 Å². The van der Waals surface area contributed by atoms with Gasteiger partial charge in [0.1, 0.15) is 19.3 Å². The molecule has 0 radical (unpaired) electrons. The lowest BCUT2D eigenvalue weighted by Gasteiger charge is -2.05. The molecule has 88 valence electrons. The summed E-state index contributed by atoms with van der Waals surface area (Å²) in [4.78, 5) is 5.02. The number of rotatable bonds is 6. The van der Waals surface area contributed by atoms with E-state index < -0.39 is 10.4 Å². The minimum atomic E-state index is -4.63. The van der Waals surface area contributed by atoms with E-state index in [0.29, 0.717) is 0 Å². The van der Waals surface area contributed by atoms with E-state index in [1.165, 1.54) is 11.1 Å². The fourth-order valence-corrected chi connectivity index (χ4v) is 1.22. The second kappa shape index (κ2) is 5.50. The van der Waals surface area contributed by atoms with E-state index in [-0.39, 0.29) is 19.8 Å². The van der Waals surface area contributed by atoms with Gasteiger partial charge in [-0.15, -0.1) is 6.42 Å². The first-order valence-corrected chi connectivity index (χ1v) is 5.58. The number of imidazole rings is 1. The molecule has 0 N–H and O–H groups in total. The fraction of sp³-hybridized carbons (Fsp3) is 0.375. The van der Waals surface area contributed by atoms with E-state index in [1.807, 2.05) is 0 Å². The molecule has 7 nitrogen and oxygen atoms in total. The van der Waals surface area contributed by atoms with Crippen LogP contribution in [-0.2, 0) is 21.1 Å². The molecule has 0 aliphatic rings. The number of aromatic nitrogens is 2. The topological polar surface area (TPSA) is 84.5 Å². The summed E-state index contributed by atoms with van der Waals surface area (Å²) in [6.07, 6.45) is 9.74. The average Bonchev–Trinajstić information content (AvgIpc) is 2.61. The molecule has 1 aromatic heterocycles. The van der Waals surface area contributed by atoms with Crippen LogP contribution in [0.1, 0.15) is 0 Å². The fourth-order valence-electron chi connectivity index (χ4n) is 0.940. The van der Waals surface area contributed by atoms with Crippen molar-refractivity contribution in [2.45, 2.75) is 6.54 Å². The third-order valence-electron chi connectivity index (χ3n) is 1.54. The van der Waals surface area contributed by atoms with Crippen molar-refractivity contribution in [2.24, 2.45) is 0 Å². The van der Waals surface area contributed by atoms with Crippen LogP contribution in [0, 0.1) is 12.3 Å². The van der Waals surface area contributed by atoms with E-state index in [1.54, 1.807) is 17.0 Å². The van der Waals surface area contributed by atoms with E-state index >= 15 is 0 Å². The molecular weight excluding hydrogens is 236 g/mol. The standard InChI is InChI=1S/C8H10N2O5S/c1-2-6-14-10-4-3-9(8-10)5-7-15-16(11,12)13/h1,3-4,8H,5-7H2. The highest BCUT2D eigenvalue weighted by molar-refractivity contribution is 7.80. The van der Waals surface area contributed by atoms with Gasteiger partial charge in [-0.05, 0) is 0 Å². The molecule has 1 aromatic rings. The normalized spacial score (nSPS) is 11.0. The summed E-state index contributed by atoms with van der Waals surface area (Å²) in [6.45, 7) is 0.115. The van der Waals surface area contributed by atoms with E-state index in [2.05, 4.69) is 10.1 Å². The smallest absolute Gasteiger partial charge is 0.284 e. The number of hydrogen-bond donors (Lipinski definition) is 0. The van der Waals surface area contributed by atoms with Gasteiger partial charge in [0.2, 0.25) is 10.4 Å². The van der Waals surface area contributed by atoms with Crippen LogP contribution in [0.15, 0.2) is 18.7 Å². The molecular formula is C8H10N2O5S. The summed E-state index contributed by atoms with van der Waals surface area (Å²) < 4.78 is 37.4. The molecule has 0 spiro atoms. The highest BCUT2D eigenvalue weighted by atomic mass is 32.3. The van der Waals surface area contributed by atoms with Crippen molar-refractivity contribution in [2.75, 3.05) is 13.2 Å². The molecule has 0 saturated heterocycles. The molecule has 0 aliphatic heterocycles. The van der Waals surface area contributed by atoms with Crippen LogP contribution in [-0.4, -0.2) is 30.9 Å². The first kappa shape index (κ1) is 12.5. The van der Waals surface area contributed by atoms with Crippen LogP contribution >= 0.6 is 0 Å². The molecule has 0 fully saturated rings. The summed E-state index contributed by atoms with van der Waals surface area (Å²) >= 11 is 0. The predicted molar refractivity (Wildman–Crippen MR) is 50.6 cm³/mol. The number of terminal acetylenes is 1. The van der Waals surface area contributed by atoms with Crippen molar-refractivity contribution in [3.8, 4) is 12.3 Å². The summed E-state index contributed by atoms with van der Waals surface area (Å²) in [5.74, 6) is 2.29. The van der Waals surface area contributed by atoms with Crippen molar-refractivity contribution < 1.29 is 26.6 Å². The van der Waals surface area contributed by atoms with Gasteiger partial charge in [-0.2, -0.15) is 0 Å². The van der Waals surface area contributed by atoms with Gasteiger partial charge >= 0.3 is 0 Å². The Kier molecular flexibility index (Phi) is 4.30. The van der Waals surface area contributed by atoms with Gasteiger partial charge in [-0.25, -0.2) is 13.0 Å². The Bertz CT molecular complexity index is 473. The summed E-state index contributed by atoms with van der Waals surface area (Å²) in [7, 11) is -4.63. The second-order valence-corrected chi connectivity index (χ2v) is 3.77. The molecule has 0 saturated carbocycles. The van der Waals surface area contributed by atoms with Gasteiger partial charge in [-0.1, -0.05) is 10.7 Å². The van der Waals surface area contributed by atoms with Gasteiger partial charge in [-0.3, -0.25) is 4.18 Å². The van der Waals surface area contributed by atoms with Gasteiger partial charge in [0, 0.05) is 0 Å². The van der Waals surface area contributed by atoms with E-state index in [9.17, 15) is 13.0 Å². The SMILES string of the molecule is C#CCOn1cc[n+](CCOS(=O)(=O)[O-])c1. The van der Waals surface area contributed by atoms with Crippen molar-refractivity contribution in [1.29, 1.82) is 0 Å². The summed E-state index contributed by atoms with van der Waals surface area (Å²) in [5.41, 5.74) is 0. The summed E-state index contributed by atoms with van der Waals surface area (Å²) in [5, 5.41) is 0. The molecule has 1 heterocycles. The zero-order valence-electron chi connectivity index (χ0n) is 8.27. The minimum absolute atomic E-state index is 0.125. The van der Waals surface area contributed by atoms with Crippen LogP contribution in [0.3, 0.4) is 0 Å². The quantitative estimate of drug-likeness (QED) is 0.259. The molecule has 8 heteroatoms. The van der Waals surface area contributed by atoms with Crippen LogP contribution in [0.25, 0.3) is 0 Å². The monoisotopic (exact) mass is 246 g/mol. The van der Waals surface area contributed by atoms with Crippen LogP contribution in [0.4, 0.5) is 0 Å². The maximum Gasteiger partial charge on any atom is 0.284 e. The lowest BCUT2D eigenvalue weighted by Crippen LogP contribution is -2.34. The molecule has 0 unspecified atom stereocenters. The van der Waals surface area contributed by atoms with E-state index in [0.717, 1.165) is 0 Å². The molecule has 16 heavy (non-hydrogen) atoms. The van der Waals surface area contributed by atoms with Crippen molar-refractivity contribution in [3.05, 3.63) is 18.7 Å². The molecule has 0 aromatic carbocycles.